The van der Waals surface area contributed by atoms with Crippen molar-refractivity contribution in [3.05, 3.63) is 71.3 Å². The van der Waals surface area contributed by atoms with E-state index in [1.165, 1.54) is 32.1 Å². The molecule has 4 heteroatoms. The predicted octanol–water partition coefficient (Wildman–Crippen LogP) is 4.68. The Morgan fingerprint density at radius 3 is 2.33 bits per heavy atom. The number of carbonyl (C=O) groups excluding carboxylic acids is 2. The van der Waals surface area contributed by atoms with Crippen molar-refractivity contribution in [3.8, 4) is 0 Å². The van der Waals surface area contributed by atoms with Crippen LogP contribution in [0, 0.1) is 5.92 Å². The van der Waals surface area contributed by atoms with Crippen LogP contribution in [0.4, 0.5) is 0 Å². The first kappa shape index (κ1) is 20.6. The lowest BCUT2D eigenvalue weighted by Crippen LogP contribution is -2.39. The van der Waals surface area contributed by atoms with E-state index in [9.17, 15) is 9.59 Å². The lowest BCUT2D eigenvalue weighted by Gasteiger charge is -2.31. The molecule has 1 unspecified atom stereocenters. The van der Waals surface area contributed by atoms with E-state index in [-0.39, 0.29) is 11.8 Å². The van der Waals surface area contributed by atoms with E-state index in [0.717, 1.165) is 30.5 Å². The first-order valence-electron chi connectivity index (χ1n) is 11.3. The van der Waals surface area contributed by atoms with Gasteiger partial charge < -0.3 is 9.80 Å². The Morgan fingerprint density at radius 1 is 0.933 bits per heavy atom. The van der Waals surface area contributed by atoms with Crippen molar-refractivity contribution in [1.29, 1.82) is 0 Å². The van der Waals surface area contributed by atoms with Gasteiger partial charge >= 0.3 is 0 Å². The van der Waals surface area contributed by atoms with Gasteiger partial charge in [0, 0.05) is 37.7 Å². The minimum Gasteiger partial charge on any atom is -0.339 e. The molecule has 1 atom stereocenters. The maximum absolute atomic E-state index is 12.9. The van der Waals surface area contributed by atoms with E-state index < -0.39 is 0 Å². The fourth-order valence-electron chi connectivity index (χ4n) is 4.93. The quantitative estimate of drug-likeness (QED) is 0.701. The zero-order chi connectivity index (χ0) is 20.9. The highest BCUT2D eigenvalue weighted by Gasteiger charge is 2.36. The number of amides is 2. The average Bonchev–Trinajstić information content (AvgIpc) is 3.15. The summed E-state index contributed by atoms with van der Waals surface area (Å²) in [4.78, 5) is 29.5. The molecule has 1 heterocycles. The topological polar surface area (TPSA) is 40.6 Å². The summed E-state index contributed by atoms with van der Waals surface area (Å²) in [7, 11) is 1.83. The number of rotatable bonds is 6. The van der Waals surface area contributed by atoms with Crippen molar-refractivity contribution in [2.45, 2.75) is 57.5 Å². The molecule has 0 N–H and O–H groups in total. The van der Waals surface area contributed by atoms with Crippen LogP contribution in [0.25, 0.3) is 0 Å². The molecule has 0 spiro atoms. The van der Waals surface area contributed by atoms with Gasteiger partial charge in [-0.3, -0.25) is 9.59 Å². The molecule has 30 heavy (non-hydrogen) atoms. The molecule has 2 aromatic carbocycles. The second kappa shape index (κ2) is 9.46. The molecule has 2 fully saturated rings. The van der Waals surface area contributed by atoms with Crippen LogP contribution < -0.4 is 0 Å². The summed E-state index contributed by atoms with van der Waals surface area (Å²) < 4.78 is 0. The van der Waals surface area contributed by atoms with Crippen molar-refractivity contribution in [3.63, 3.8) is 0 Å². The van der Waals surface area contributed by atoms with Gasteiger partial charge in [-0.2, -0.15) is 0 Å². The van der Waals surface area contributed by atoms with E-state index in [1.807, 2.05) is 61.6 Å². The van der Waals surface area contributed by atoms with Gasteiger partial charge in [-0.25, -0.2) is 0 Å². The third-order valence-corrected chi connectivity index (χ3v) is 6.66. The smallest absolute Gasteiger partial charge is 0.253 e. The summed E-state index contributed by atoms with van der Waals surface area (Å²) in [6, 6.07) is 18.3. The van der Waals surface area contributed by atoms with E-state index in [1.54, 1.807) is 4.90 Å². The molecular weight excluding hydrogens is 372 g/mol. The first-order chi connectivity index (χ1) is 14.6. The summed E-state index contributed by atoms with van der Waals surface area (Å²) in [5, 5.41) is 0. The van der Waals surface area contributed by atoms with Gasteiger partial charge in [0.25, 0.3) is 5.91 Å². The zero-order valence-electron chi connectivity index (χ0n) is 17.9. The summed E-state index contributed by atoms with van der Waals surface area (Å²) in [6.07, 6.45) is 7.90. The maximum atomic E-state index is 12.9. The minimum atomic E-state index is 0.0193. The Kier molecular flexibility index (Phi) is 6.51. The van der Waals surface area contributed by atoms with Crippen molar-refractivity contribution in [2.75, 3.05) is 13.6 Å². The number of nitrogens with zero attached hydrogens (tertiary/aromatic N) is 2. The van der Waals surface area contributed by atoms with Gasteiger partial charge in [0.05, 0.1) is 0 Å². The molecular formula is C26H32N2O2. The van der Waals surface area contributed by atoms with Gasteiger partial charge in [-0.15, -0.1) is 0 Å². The fraction of sp³-hybridized carbons (Fsp3) is 0.462. The molecule has 1 aliphatic heterocycles. The number of hydrogen-bond donors (Lipinski definition) is 0. The van der Waals surface area contributed by atoms with Crippen LogP contribution in [-0.4, -0.2) is 41.2 Å². The molecule has 1 saturated heterocycles. The predicted molar refractivity (Wildman–Crippen MR) is 119 cm³/mol. The Morgan fingerprint density at radius 2 is 1.63 bits per heavy atom. The molecule has 1 saturated carbocycles. The Labute approximate surface area is 179 Å². The lowest BCUT2D eigenvalue weighted by atomic mass is 9.94. The summed E-state index contributed by atoms with van der Waals surface area (Å²) >= 11 is 0. The first-order valence-corrected chi connectivity index (χ1v) is 11.3. The van der Waals surface area contributed by atoms with Crippen LogP contribution in [0.1, 0.15) is 60.0 Å². The monoisotopic (exact) mass is 404 g/mol. The van der Waals surface area contributed by atoms with Crippen LogP contribution >= 0.6 is 0 Å². The van der Waals surface area contributed by atoms with E-state index >= 15 is 0 Å². The van der Waals surface area contributed by atoms with Crippen molar-refractivity contribution in [1.82, 2.24) is 9.80 Å². The Bertz CT molecular complexity index is 856. The largest absolute Gasteiger partial charge is 0.339 e. The molecule has 0 bridgehead atoms. The summed E-state index contributed by atoms with van der Waals surface area (Å²) in [5.74, 6) is 0.449. The third kappa shape index (κ3) is 4.75. The SMILES string of the molecule is CN(Cc1ccccc1)C(=O)c1ccc(CC2CCN(C3CCCCC3)C2=O)cc1. The van der Waals surface area contributed by atoms with E-state index in [0.29, 0.717) is 24.1 Å². The lowest BCUT2D eigenvalue weighted by molar-refractivity contribution is -0.133. The highest BCUT2D eigenvalue weighted by molar-refractivity contribution is 5.94. The third-order valence-electron chi connectivity index (χ3n) is 6.66. The van der Waals surface area contributed by atoms with Gasteiger partial charge in [0.1, 0.15) is 0 Å². The second-order valence-electron chi connectivity index (χ2n) is 8.86. The number of hydrogen-bond acceptors (Lipinski definition) is 2. The van der Waals surface area contributed by atoms with Gasteiger partial charge in [0.15, 0.2) is 0 Å². The normalized spacial score (nSPS) is 19.8. The van der Waals surface area contributed by atoms with Crippen LogP contribution in [0.3, 0.4) is 0 Å². The minimum absolute atomic E-state index is 0.0193. The van der Waals surface area contributed by atoms with Gasteiger partial charge in [-0.05, 0) is 48.9 Å². The van der Waals surface area contributed by atoms with Crippen LogP contribution in [0.5, 0.6) is 0 Å². The molecule has 2 aliphatic rings. The molecule has 0 aromatic heterocycles. The molecule has 2 amide bonds. The highest BCUT2D eigenvalue weighted by atomic mass is 16.2. The molecule has 1 aliphatic carbocycles. The van der Waals surface area contributed by atoms with E-state index in [4.69, 9.17) is 0 Å². The standard InChI is InChI=1S/C26H32N2O2/c1-27(19-21-8-4-2-5-9-21)25(29)22-14-12-20(13-15-22)18-23-16-17-28(26(23)30)24-10-6-3-7-11-24/h2,4-5,8-9,12-15,23-24H,3,6-7,10-11,16-19H2,1H3. The average molecular weight is 405 g/mol. The molecule has 4 rings (SSSR count). The number of carbonyl (C=O) groups is 2. The molecule has 158 valence electrons. The maximum Gasteiger partial charge on any atom is 0.253 e. The van der Waals surface area contributed by atoms with Gasteiger partial charge in [0.2, 0.25) is 5.91 Å². The van der Waals surface area contributed by atoms with Gasteiger partial charge in [-0.1, -0.05) is 61.7 Å². The summed E-state index contributed by atoms with van der Waals surface area (Å²) in [6.45, 7) is 1.50. The summed E-state index contributed by atoms with van der Waals surface area (Å²) in [5.41, 5.74) is 2.95. The van der Waals surface area contributed by atoms with Crippen LogP contribution in [0.2, 0.25) is 0 Å². The molecule has 0 radical (unpaired) electrons. The second-order valence-corrected chi connectivity index (χ2v) is 8.86. The number of likely N-dealkylation sites (tertiary alicyclic amines) is 1. The van der Waals surface area contributed by atoms with Crippen LogP contribution in [0.15, 0.2) is 54.6 Å². The van der Waals surface area contributed by atoms with Crippen molar-refractivity contribution in [2.24, 2.45) is 5.92 Å². The Balaban J connectivity index is 1.33. The zero-order valence-corrected chi connectivity index (χ0v) is 17.9. The fourth-order valence-corrected chi connectivity index (χ4v) is 4.93. The molecule has 4 nitrogen and oxygen atoms in total. The highest BCUT2D eigenvalue weighted by Crippen LogP contribution is 2.30. The van der Waals surface area contributed by atoms with Crippen molar-refractivity contribution >= 4 is 11.8 Å². The van der Waals surface area contributed by atoms with E-state index in [2.05, 4.69) is 4.90 Å². The Hall–Kier alpha value is -2.62. The molecule has 2 aromatic rings. The number of benzene rings is 2. The van der Waals surface area contributed by atoms with Crippen molar-refractivity contribution < 1.29 is 9.59 Å². The van der Waals surface area contributed by atoms with Crippen LogP contribution in [-0.2, 0) is 17.8 Å².